The molecule has 3 N–H and O–H groups in total. The highest BCUT2D eigenvalue weighted by Gasteiger charge is 2.23. The molecule has 2 rings (SSSR count). The summed E-state index contributed by atoms with van der Waals surface area (Å²) >= 11 is 0. The highest BCUT2D eigenvalue weighted by Crippen LogP contribution is 2.24. The first-order valence-electron chi connectivity index (χ1n) is 8.32. The quantitative estimate of drug-likeness (QED) is 0.158. The molecule has 164 valence electrons. The number of hydrogen-bond acceptors (Lipinski definition) is 9. The van der Waals surface area contributed by atoms with Crippen molar-refractivity contribution >= 4 is 36.4 Å². The van der Waals surface area contributed by atoms with Crippen LogP contribution in [0.5, 0.6) is 11.5 Å². The van der Waals surface area contributed by atoms with Gasteiger partial charge < -0.3 is 20.1 Å². The van der Waals surface area contributed by atoms with Gasteiger partial charge in [0.1, 0.15) is 29.4 Å². The van der Waals surface area contributed by atoms with Gasteiger partial charge in [-0.3, -0.25) is 14.5 Å². The molecule has 2 aromatic rings. The van der Waals surface area contributed by atoms with E-state index in [0.717, 1.165) is 30.3 Å². The van der Waals surface area contributed by atoms with Crippen LogP contribution in [0.15, 0.2) is 48.2 Å². The Morgan fingerprint density at radius 3 is 1.72 bits per heavy atom. The predicted molar refractivity (Wildman–Crippen MR) is 101 cm³/mol. The van der Waals surface area contributed by atoms with Gasteiger partial charge in [-0.25, -0.2) is 24.1 Å². The minimum absolute atomic E-state index is 0.00385. The Kier molecular flexibility index (Phi) is 7.39. The van der Waals surface area contributed by atoms with Crippen LogP contribution >= 0.6 is 0 Å². The van der Waals surface area contributed by atoms with Crippen molar-refractivity contribution in [2.45, 2.75) is 0 Å². The van der Waals surface area contributed by atoms with Crippen LogP contribution < -0.4 is 9.62 Å². The molecule has 0 unspecified atom stereocenters. The Morgan fingerprint density at radius 1 is 0.750 bits per heavy atom. The maximum atomic E-state index is 12.3. The number of rotatable bonds is 10. The number of benzene rings is 2. The van der Waals surface area contributed by atoms with Crippen molar-refractivity contribution in [2.24, 2.45) is 0 Å². The summed E-state index contributed by atoms with van der Waals surface area (Å²) in [6.45, 7) is 0. The zero-order valence-electron chi connectivity index (χ0n) is 15.7. The Bertz CT molecular complexity index is 1150. The predicted octanol–water partition coefficient (Wildman–Crippen LogP) is 1.59. The summed E-state index contributed by atoms with van der Waals surface area (Å²) in [6, 6.07) is 6.22. The zero-order chi connectivity index (χ0) is 23.8. The van der Waals surface area contributed by atoms with Crippen molar-refractivity contribution in [3.05, 3.63) is 70.5 Å². The van der Waals surface area contributed by atoms with Crippen LogP contribution in [-0.4, -0.2) is 51.8 Å². The second-order valence-corrected chi connectivity index (χ2v) is 5.76. The number of aromatic carboxylic acids is 2. The van der Waals surface area contributed by atoms with E-state index in [-0.39, 0.29) is 17.2 Å². The van der Waals surface area contributed by atoms with Gasteiger partial charge in [0.15, 0.2) is 5.75 Å². The molecule has 0 aliphatic rings. The highest BCUT2D eigenvalue weighted by atomic mass is 17.2. The van der Waals surface area contributed by atoms with Crippen LogP contribution in [0.2, 0.25) is 0 Å². The van der Waals surface area contributed by atoms with Crippen LogP contribution in [0.1, 0.15) is 41.4 Å². The van der Waals surface area contributed by atoms with Gasteiger partial charge >= 0.3 is 23.9 Å². The van der Waals surface area contributed by atoms with Gasteiger partial charge in [0.2, 0.25) is 5.76 Å². The Morgan fingerprint density at radius 2 is 1.25 bits per heavy atom. The number of aldehydes is 2. The molecule has 0 saturated heterocycles. The summed E-state index contributed by atoms with van der Waals surface area (Å²) in [4.78, 5) is 76.6. The third kappa shape index (κ3) is 5.76. The molecule has 0 saturated carbocycles. The molecule has 12 heteroatoms. The maximum Gasteiger partial charge on any atom is 0.421 e. The summed E-state index contributed by atoms with van der Waals surface area (Å²) in [7, 11) is 0. The summed E-state index contributed by atoms with van der Waals surface area (Å²) in [5.41, 5.74) is -1.12. The standard InChI is InChI=1S/C20H12O12/c21-8-10-1-3-14(12(5-10)18(25)26)30-16(7-17(23)24)20(29)32-31-15-4-2-11(9-22)6-13(15)19(27)28/h1-9H,(H,23,24)(H,25,26)(H,27,28). The summed E-state index contributed by atoms with van der Waals surface area (Å²) in [5.74, 6) is -8.29. The van der Waals surface area contributed by atoms with Crippen molar-refractivity contribution in [2.75, 3.05) is 0 Å². The monoisotopic (exact) mass is 444 g/mol. The Balaban J connectivity index is 2.31. The molecular formula is C20H12O12. The summed E-state index contributed by atoms with van der Waals surface area (Å²) in [6.07, 6.45) is 0.987. The lowest BCUT2D eigenvalue weighted by molar-refractivity contribution is -0.211. The third-order valence-electron chi connectivity index (χ3n) is 3.62. The van der Waals surface area contributed by atoms with Gasteiger partial charge in [0, 0.05) is 11.1 Å². The number of aliphatic carboxylic acids is 1. The molecular weight excluding hydrogens is 432 g/mol. The van der Waals surface area contributed by atoms with E-state index in [2.05, 4.69) is 9.78 Å². The van der Waals surface area contributed by atoms with Crippen LogP contribution in [0.4, 0.5) is 0 Å². The van der Waals surface area contributed by atoms with Gasteiger partial charge in [-0.05, 0) is 36.4 Å². The average molecular weight is 444 g/mol. The largest absolute Gasteiger partial charge is 0.478 e. The smallest absolute Gasteiger partial charge is 0.421 e. The molecule has 0 amide bonds. The second kappa shape index (κ2) is 10.2. The number of hydrogen-bond donors (Lipinski definition) is 3. The van der Waals surface area contributed by atoms with Crippen molar-refractivity contribution in [3.8, 4) is 11.5 Å². The average Bonchev–Trinajstić information content (AvgIpc) is 2.76. The fraction of sp³-hybridized carbons (Fsp3) is 0. The van der Waals surface area contributed by atoms with Gasteiger partial charge in [-0.2, -0.15) is 0 Å². The molecule has 0 fully saturated rings. The van der Waals surface area contributed by atoms with E-state index < -0.39 is 52.3 Å². The molecule has 0 bridgehead atoms. The molecule has 0 heterocycles. The fourth-order valence-electron chi connectivity index (χ4n) is 2.22. The minimum Gasteiger partial charge on any atom is -0.478 e. The molecule has 0 radical (unpaired) electrons. The molecule has 12 nitrogen and oxygen atoms in total. The molecule has 32 heavy (non-hydrogen) atoms. The lowest BCUT2D eigenvalue weighted by Gasteiger charge is -2.12. The lowest BCUT2D eigenvalue weighted by Crippen LogP contribution is -2.18. The van der Waals surface area contributed by atoms with E-state index >= 15 is 0 Å². The summed E-state index contributed by atoms with van der Waals surface area (Å²) < 4.78 is 5.05. The molecule has 0 aliphatic heterocycles. The van der Waals surface area contributed by atoms with E-state index in [9.17, 15) is 33.9 Å². The fourth-order valence-corrected chi connectivity index (χ4v) is 2.22. The highest BCUT2D eigenvalue weighted by molar-refractivity contribution is 5.96. The first kappa shape index (κ1) is 23.3. The van der Waals surface area contributed by atoms with Gasteiger partial charge in [0.25, 0.3) is 0 Å². The van der Waals surface area contributed by atoms with Crippen molar-refractivity contribution in [1.29, 1.82) is 0 Å². The number of carboxylic acid groups (broad SMARTS) is 3. The number of carbonyl (C=O) groups is 6. The second-order valence-electron chi connectivity index (χ2n) is 5.76. The molecule has 0 aliphatic carbocycles. The maximum absolute atomic E-state index is 12.3. The molecule has 0 atom stereocenters. The zero-order valence-corrected chi connectivity index (χ0v) is 15.7. The van der Waals surface area contributed by atoms with E-state index in [4.69, 9.17) is 14.9 Å². The topological polar surface area (TPSA) is 191 Å². The van der Waals surface area contributed by atoms with Crippen LogP contribution in [-0.2, 0) is 14.5 Å². The van der Waals surface area contributed by atoms with Crippen molar-refractivity contribution in [1.82, 2.24) is 0 Å². The molecule has 2 aromatic carbocycles. The van der Waals surface area contributed by atoms with E-state index in [1.54, 1.807) is 0 Å². The van der Waals surface area contributed by atoms with Crippen molar-refractivity contribution < 1.29 is 58.6 Å². The third-order valence-corrected chi connectivity index (χ3v) is 3.62. The van der Waals surface area contributed by atoms with Crippen LogP contribution in [0.25, 0.3) is 0 Å². The molecule has 0 spiro atoms. The van der Waals surface area contributed by atoms with Gasteiger partial charge in [-0.15, -0.1) is 0 Å². The van der Waals surface area contributed by atoms with Crippen molar-refractivity contribution in [3.63, 3.8) is 0 Å². The molecule has 0 aromatic heterocycles. The Labute approximate surface area is 177 Å². The summed E-state index contributed by atoms with van der Waals surface area (Å²) in [5, 5.41) is 27.4. The number of carboxylic acids is 3. The SMILES string of the molecule is O=Cc1ccc(OOC(=O)C(=CC(=O)O)Oc2ccc(C=O)cc2C(=O)O)c(C(=O)O)c1. The van der Waals surface area contributed by atoms with Gasteiger partial charge in [-0.1, -0.05) is 0 Å². The van der Waals surface area contributed by atoms with E-state index in [0.29, 0.717) is 12.6 Å². The van der Waals surface area contributed by atoms with E-state index in [1.807, 2.05) is 0 Å². The van der Waals surface area contributed by atoms with E-state index in [1.165, 1.54) is 6.07 Å². The first-order valence-corrected chi connectivity index (χ1v) is 8.32. The van der Waals surface area contributed by atoms with Crippen LogP contribution in [0.3, 0.4) is 0 Å². The van der Waals surface area contributed by atoms with Gasteiger partial charge in [0.05, 0.1) is 6.08 Å². The number of carbonyl (C=O) groups excluding carboxylic acids is 3. The number of ether oxygens (including phenoxy) is 1. The Hall–Kier alpha value is -5.00. The van der Waals surface area contributed by atoms with Crippen LogP contribution in [0, 0.1) is 0 Å². The normalized spacial score (nSPS) is 10.6. The lowest BCUT2D eigenvalue weighted by atomic mass is 10.1. The first-order chi connectivity index (χ1) is 15.2. The minimum atomic E-state index is -1.67.